The molecule has 0 aliphatic heterocycles. The zero-order valence-corrected chi connectivity index (χ0v) is 24.8. The van der Waals surface area contributed by atoms with E-state index in [-0.39, 0.29) is 6.04 Å². The van der Waals surface area contributed by atoms with Crippen LogP contribution in [0.4, 0.5) is 0 Å². The number of rotatable bonds is 13. The van der Waals surface area contributed by atoms with Crippen LogP contribution >= 0.6 is 22.6 Å². The highest BCUT2D eigenvalue weighted by Gasteiger charge is 2.26. The predicted octanol–water partition coefficient (Wildman–Crippen LogP) is 7.37. The normalized spacial score (nSPS) is 21.7. The molecule has 4 heteroatoms. The first-order valence-corrected chi connectivity index (χ1v) is 14.7. The molecular weight excluding hydrogens is 541 g/mol. The Morgan fingerprint density at radius 1 is 1.23 bits per heavy atom. The van der Waals surface area contributed by atoms with Crippen molar-refractivity contribution < 1.29 is 0 Å². The van der Waals surface area contributed by atoms with E-state index in [4.69, 9.17) is 17.2 Å². The number of nitrogens with two attached hydrogens (primary N) is 3. The molecular formula is C31H50IN3. The smallest absolute Gasteiger partial charge is 0.0169 e. The van der Waals surface area contributed by atoms with Crippen LogP contribution in [0.25, 0.3) is 0 Å². The molecule has 3 nitrogen and oxygen atoms in total. The van der Waals surface area contributed by atoms with Gasteiger partial charge in [0.05, 0.1) is 0 Å². The van der Waals surface area contributed by atoms with Crippen molar-refractivity contribution in [2.75, 3.05) is 6.54 Å². The monoisotopic (exact) mass is 591 g/mol. The fourth-order valence-corrected chi connectivity index (χ4v) is 6.25. The summed E-state index contributed by atoms with van der Waals surface area (Å²) in [5, 5.41) is 0. The minimum absolute atomic E-state index is 0.207. The van der Waals surface area contributed by atoms with Crippen molar-refractivity contribution in [2.24, 2.45) is 35.0 Å². The third-order valence-corrected chi connectivity index (χ3v) is 9.08. The van der Waals surface area contributed by atoms with Crippen molar-refractivity contribution in [1.29, 1.82) is 0 Å². The predicted molar refractivity (Wildman–Crippen MR) is 162 cm³/mol. The van der Waals surface area contributed by atoms with Crippen molar-refractivity contribution in [3.63, 3.8) is 0 Å². The number of allylic oxidation sites excluding steroid dienone is 5. The minimum Gasteiger partial charge on any atom is -0.402 e. The van der Waals surface area contributed by atoms with E-state index in [1.54, 1.807) is 5.56 Å². The third-order valence-electron chi connectivity index (χ3n) is 8.08. The standard InChI is InChI=1S/C31H50IN3/c1-6-7-9-21(2)23(4)16-31(35)22(3)12-13-27-19-28(17-24(5)34)30(32)20-29(27)26-11-8-10-25(18-26)14-15-33/h6-7,9,19-20,22-23,25-26,31H,5,8,10-18,33-35H2,1-4H3/b7-6-,21-9+. The second kappa shape index (κ2) is 15.2. The van der Waals surface area contributed by atoms with Gasteiger partial charge in [0, 0.05) is 21.7 Å². The van der Waals surface area contributed by atoms with Gasteiger partial charge in [-0.05, 0) is 128 Å². The van der Waals surface area contributed by atoms with Gasteiger partial charge in [-0.15, -0.1) is 0 Å². The molecule has 0 heterocycles. The Labute approximate surface area is 229 Å². The lowest BCUT2D eigenvalue weighted by Gasteiger charge is -2.31. The van der Waals surface area contributed by atoms with Crippen LogP contribution in [0.1, 0.15) is 95.2 Å². The summed E-state index contributed by atoms with van der Waals surface area (Å²) >= 11 is 2.49. The van der Waals surface area contributed by atoms with E-state index < -0.39 is 0 Å². The molecule has 1 aliphatic carbocycles. The molecule has 0 spiro atoms. The molecule has 1 aromatic carbocycles. The summed E-state index contributed by atoms with van der Waals surface area (Å²) < 4.78 is 1.32. The van der Waals surface area contributed by atoms with Crippen LogP contribution in [-0.2, 0) is 12.8 Å². The Morgan fingerprint density at radius 3 is 2.63 bits per heavy atom. The average molecular weight is 592 g/mol. The van der Waals surface area contributed by atoms with Crippen LogP contribution in [0.2, 0.25) is 0 Å². The van der Waals surface area contributed by atoms with Crippen LogP contribution in [0.3, 0.4) is 0 Å². The first kappa shape index (κ1) is 30.1. The quantitative estimate of drug-likeness (QED) is 0.166. The van der Waals surface area contributed by atoms with Gasteiger partial charge < -0.3 is 17.2 Å². The molecule has 1 fully saturated rings. The molecule has 5 atom stereocenters. The van der Waals surface area contributed by atoms with Crippen LogP contribution in [-0.4, -0.2) is 12.6 Å². The molecule has 0 aromatic heterocycles. The first-order chi connectivity index (χ1) is 16.7. The van der Waals surface area contributed by atoms with E-state index in [9.17, 15) is 0 Å². The summed E-state index contributed by atoms with van der Waals surface area (Å²) in [6.45, 7) is 13.7. The fourth-order valence-electron chi connectivity index (χ4n) is 5.57. The Morgan fingerprint density at radius 2 is 1.97 bits per heavy atom. The van der Waals surface area contributed by atoms with Gasteiger partial charge in [0.1, 0.15) is 0 Å². The second-order valence-electron chi connectivity index (χ2n) is 11.0. The molecule has 1 saturated carbocycles. The van der Waals surface area contributed by atoms with Crippen LogP contribution < -0.4 is 17.2 Å². The van der Waals surface area contributed by atoms with E-state index in [0.29, 0.717) is 17.8 Å². The van der Waals surface area contributed by atoms with Crippen LogP contribution in [0.5, 0.6) is 0 Å². The molecule has 6 N–H and O–H groups in total. The maximum atomic E-state index is 6.71. The second-order valence-corrected chi connectivity index (χ2v) is 12.2. The van der Waals surface area contributed by atoms with Crippen LogP contribution in [0.15, 0.2) is 48.2 Å². The van der Waals surface area contributed by atoms with Gasteiger partial charge in [-0.2, -0.15) is 0 Å². The molecule has 0 saturated heterocycles. The highest BCUT2D eigenvalue weighted by molar-refractivity contribution is 14.1. The van der Waals surface area contributed by atoms with E-state index >= 15 is 0 Å². The van der Waals surface area contributed by atoms with Crippen molar-refractivity contribution in [2.45, 2.75) is 97.4 Å². The molecule has 0 radical (unpaired) electrons. The Balaban J connectivity index is 2.18. The average Bonchev–Trinajstić information content (AvgIpc) is 2.82. The van der Waals surface area contributed by atoms with Crippen molar-refractivity contribution in [1.82, 2.24) is 0 Å². The van der Waals surface area contributed by atoms with Crippen LogP contribution in [0, 0.1) is 21.3 Å². The first-order valence-electron chi connectivity index (χ1n) is 13.7. The van der Waals surface area contributed by atoms with Crippen molar-refractivity contribution in [3.05, 3.63) is 68.5 Å². The summed E-state index contributed by atoms with van der Waals surface area (Å²) in [6, 6.07) is 5.08. The molecule has 0 amide bonds. The van der Waals surface area contributed by atoms with E-state index in [1.807, 2.05) is 0 Å². The Bertz CT molecular complexity index is 870. The molecule has 2 rings (SSSR count). The summed E-state index contributed by atoms with van der Waals surface area (Å²) in [7, 11) is 0. The lowest BCUT2D eigenvalue weighted by atomic mass is 9.74. The third kappa shape index (κ3) is 9.70. The van der Waals surface area contributed by atoms with Gasteiger partial charge >= 0.3 is 0 Å². The fraction of sp³-hybridized carbons (Fsp3) is 0.613. The zero-order chi connectivity index (χ0) is 26.0. The lowest BCUT2D eigenvalue weighted by Crippen LogP contribution is -2.31. The van der Waals surface area contributed by atoms with Crippen molar-refractivity contribution in [3.8, 4) is 0 Å². The van der Waals surface area contributed by atoms with E-state index in [1.165, 1.54) is 46.0 Å². The number of halogens is 1. The van der Waals surface area contributed by atoms with E-state index in [2.05, 4.69) is 87.2 Å². The number of hydrogen-bond acceptors (Lipinski definition) is 3. The number of benzene rings is 1. The maximum Gasteiger partial charge on any atom is 0.0169 e. The molecule has 0 bridgehead atoms. The summed E-state index contributed by atoms with van der Waals surface area (Å²) in [5.41, 5.74) is 25.1. The lowest BCUT2D eigenvalue weighted by molar-refractivity contribution is 0.308. The molecule has 196 valence electrons. The van der Waals surface area contributed by atoms with E-state index in [0.717, 1.165) is 50.3 Å². The number of hydrogen-bond donors (Lipinski definition) is 3. The summed E-state index contributed by atoms with van der Waals surface area (Å²) in [6.07, 6.45) is 16.7. The highest BCUT2D eigenvalue weighted by Crippen LogP contribution is 2.40. The van der Waals surface area contributed by atoms with Gasteiger partial charge in [0.15, 0.2) is 0 Å². The minimum atomic E-state index is 0.207. The topological polar surface area (TPSA) is 78.1 Å². The highest BCUT2D eigenvalue weighted by atomic mass is 127. The Hall–Kier alpha value is -1.11. The molecule has 5 unspecified atom stereocenters. The van der Waals surface area contributed by atoms with Crippen molar-refractivity contribution >= 4 is 22.6 Å². The van der Waals surface area contributed by atoms with Gasteiger partial charge in [-0.25, -0.2) is 0 Å². The number of aryl methyl sites for hydroxylation is 1. The SMILES string of the molecule is C=C(N)Cc1cc(CCC(C)C(N)CC(C)/C(C)=C/C=C\C)c(C2CCCC(CCN)C2)cc1I. The Kier molecular flexibility index (Phi) is 13.1. The molecule has 1 aliphatic rings. The largest absolute Gasteiger partial charge is 0.402 e. The molecule has 35 heavy (non-hydrogen) atoms. The van der Waals surface area contributed by atoms with Gasteiger partial charge in [0.25, 0.3) is 0 Å². The maximum absolute atomic E-state index is 6.71. The van der Waals surface area contributed by atoms with Gasteiger partial charge in [0.2, 0.25) is 0 Å². The summed E-state index contributed by atoms with van der Waals surface area (Å²) in [5.74, 6) is 2.38. The summed E-state index contributed by atoms with van der Waals surface area (Å²) in [4.78, 5) is 0. The van der Waals surface area contributed by atoms with Gasteiger partial charge in [-0.1, -0.05) is 63.1 Å². The molecule has 1 aromatic rings. The zero-order valence-electron chi connectivity index (χ0n) is 22.7. The van der Waals surface area contributed by atoms with Gasteiger partial charge in [-0.3, -0.25) is 0 Å².